The first kappa shape index (κ1) is 23.6. The number of methoxy groups -OCH3 is 1. The number of rotatable bonds is 6. The molecule has 1 saturated heterocycles. The van der Waals surface area contributed by atoms with Crippen LogP contribution in [0.5, 0.6) is 5.75 Å². The van der Waals surface area contributed by atoms with Gasteiger partial charge in [0.15, 0.2) is 0 Å². The van der Waals surface area contributed by atoms with Crippen molar-refractivity contribution in [2.24, 2.45) is 5.92 Å². The van der Waals surface area contributed by atoms with Crippen molar-refractivity contribution in [1.82, 2.24) is 4.31 Å². The molecule has 4 rings (SSSR count). The predicted octanol–water partition coefficient (Wildman–Crippen LogP) is 3.19. The lowest BCUT2D eigenvalue weighted by molar-refractivity contribution is -0.123. The van der Waals surface area contributed by atoms with Gasteiger partial charge in [-0.3, -0.25) is 9.59 Å². The van der Waals surface area contributed by atoms with Crippen molar-refractivity contribution < 1.29 is 22.7 Å². The second-order valence-corrected chi connectivity index (χ2v) is 11.2. The van der Waals surface area contributed by atoms with Gasteiger partial charge < -0.3 is 15.0 Å². The van der Waals surface area contributed by atoms with E-state index in [1.807, 2.05) is 6.92 Å². The van der Waals surface area contributed by atoms with E-state index in [0.29, 0.717) is 36.0 Å². The molecule has 1 atom stereocenters. The fourth-order valence-electron chi connectivity index (χ4n) is 3.95. The molecule has 2 heterocycles. The SMILES string of the molecule is COc1cccc(NC(=O)CN2C(=O)[C@H](C)CSc3ccc(S(=O)(=O)N4CCCC4)cc32)c1. The van der Waals surface area contributed by atoms with E-state index >= 15 is 0 Å². The summed E-state index contributed by atoms with van der Waals surface area (Å²) in [6.45, 7) is 2.59. The first-order valence-electron chi connectivity index (χ1n) is 10.8. The number of nitrogens with one attached hydrogen (secondary N) is 1. The number of carbonyl (C=O) groups is 2. The minimum Gasteiger partial charge on any atom is -0.497 e. The van der Waals surface area contributed by atoms with Gasteiger partial charge >= 0.3 is 0 Å². The van der Waals surface area contributed by atoms with Crippen molar-refractivity contribution >= 4 is 45.0 Å². The molecule has 2 aliphatic rings. The van der Waals surface area contributed by atoms with E-state index in [4.69, 9.17) is 4.74 Å². The van der Waals surface area contributed by atoms with Crippen LogP contribution in [0.2, 0.25) is 0 Å². The van der Waals surface area contributed by atoms with Crippen LogP contribution in [-0.4, -0.2) is 57.0 Å². The minimum absolute atomic E-state index is 0.143. The van der Waals surface area contributed by atoms with Crippen molar-refractivity contribution in [3.8, 4) is 5.75 Å². The maximum absolute atomic E-state index is 13.2. The van der Waals surface area contributed by atoms with E-state index in [1.165, 1.54) is 27.0 Å². The molecule has 2 aromatic carbocycles. The lowest BCUT2D eigenvalue weighted by Gasteiger charge is -2.25. The van der Waals surface area contributed by atoms with Crippen LogP contribution in [0.25, 0.3) is 0 Å². The van der Waals surface area contributed by atoms with E-state index in [2.05, 4.69) is 5.32 Å². The fourth-order valence-corrected chi connectivity index (χ4v) is 6.54. The molecule has 0 aliphatic carbocycles. The molecule has 176 valence electrons. The van der Waals surface area contributed by atoms with Crippen LogP contribution in [0.3, 0.4) is 0 Å². The highest BCUT2D eigenvalue weighted by Gasteiger charge is 2.33. The number of thioether (sulfide) groups is 1. The second kappa shape index (κ2) is 9.74. The van der Waals surface area contributed by atoms with Crippen LogP contribution in [0.15, 0.2) is 52.3 Å². The molecule has 0 unspecified atom stereocenters. The number of carbonyl (C=O) groups excluding carboxylic acids is 2. The smallest absolute Gasteiger partial charge is 0.244 e. The summed E-state index contributed by atoms with van der Waals surface area (Å²) >= 11 is 1.49. The quantitative estimate of drug-likeness (QED) is 0.670. The Morgan fingerprint density at radius 2 is 1.94 bits per heavy atom. The molecule has 8 nitrogen and oxygen atoms in total. The van der Waals surface area contributed by atoms with Gasteiger partial charge in [0.1, 0.15) is 12.3 Å². The summed E-state index contributed by atoms with van der Waals surface area (Å²) in [6.07, 6.45) is 1.68. The second-order valence-electron chi connectivity index (χ2n) is 8.16. The summed E-state index contributed by atoms with van der Waals surface area (Å²) in [5, 5.41) is 2.79. The number of nitrogens with zero attached hydrogens (tertiary/aromatic N) is 2. The normalized spacial score (nSPS) is 19.2. The third-order valence-electron chi connectivity index (χ3n) is 5.76. The van der Waals surface area contributed by atoms with Crippen molar-refractivity contribution in [3.05, 3.63) is 42.5 Å². The van der Waals surface area contributed by atoms with Gasteiger partial charge in [0, 0.05) is 41.4 Å². The third-order valence-corrected chi connectivity index (χ3v) is 8.97. The number of ether oxygens (including phenoxy) is 1. The van der Waals surface area contributed by atoms with Gasteiger partial charge in [-0.1, -0.05) is 13.0 Å². The molecular formula is C23H27N3O5S2. The highest BCUT2D eigenvalue weighted by Crippen LogP contribution is 2.38. The molecule has 0 bridgehead atoms. The van der Waals surface area contributed by atoms with Crippen LogP contribution in [-0.2, 0) is 19.6 Å². The zero-order chi connectivity index (χ0) is 23.6. The number of hydrogen-bond donors (Lipinski definition) is 1. The molecule has 0 aromatic heterocycles. The Bertz CT molecular complexity index is 1160. The van der Waals surface area contributed by atoms with Crippen molar-refractivity contribution in [2.45, 2.75) is 29.6 Å². The maximum Gasteiger partial charge on any atom is 0.244 e. The predicted molar refractivity (Wildman–Crippen MR) is 128 cm³/mol. The number of fused-ring (bicyclic) bond motifs is 1. The first-order valence-corrected chi connectivity index (χ1v) is 13.2. The topological polar surface area (TPSA) is 96.0 Å². The number of anilines is 2. The van der Waals surface area contributed by atoms with E-state index in [0.717, 1.165) is 17.7 Å². The minimum atomic E-state index is -3.65. The molecule has 1 N–H and O–H groups in total. The first-order chi connectivity index (χ1) is 15.8. The van der Waals surface area contributed by atoms with Gasteiger partial charge in [0.05, 0.1) is 17.7 Å². The molecule has 33 heavy (non-hydrogen) atoms. The summed E-state index contributed by atoms with van der Waals surface area (Å²) in [6, 6.07) is 11.8. The summed E-state index contributed by atoms with van der Waals surface area (Å²) in [5.41, 5.74) is 1.00. The van der Waals surface area contributed by atoms with Crippen LogP contribution in [0.1, 0.15) is 19.8 Å². The highest BCUT2D eigenvalue weighted by atomic mass is 32.2. The van der Waals surface area contributed by atoms with Crippen molar-refractivity contribution in [3.63, 3.8) is 0 Å². The molecular weight excluding hydrogens is 462 g/mol. The van der Waals surface area contributed by atoms with Crippen LogP contribution in [0, 0.1) is 5.92 Å². The third kappa shape index (κ3) is 5.02. The van der Waals surface area contributed by atoms with Crippen molar-refractivity contribution in [2.75, 3.05) is 42.7 Å². The number of hydrogen-bond acceptors (Lipinski definition) is 6. The van der Waals surface area contributed by atoms with Gasteiger partial charge in [-0.2, -0.15) is 4.31 Å². The maximum atomic E-state index is 13.2. The zero-order valence-corrected chi connectivity index (χ0v) is 20.2. The molecule has 0 radical (unpaired) electrons. The van der Waals surface area contributed by atoms with Crippen LogP contribution >= 0.6 is 11.8 Å². The van der Waals surface area contributed by atoms with Gasteiger partial charge in [-0.25, -0.2) is 8.42 Å². The Morgan fingerprint density at radius 3 is 2.67 bits per heavy atom. The lowest BCUT2D eigenvalue weighted by Crippen LogP contribution is -2.41. The monoisotopic (exact) mass is 489 g/mol. The Kier molecular flexibility index (Phi) is 6.96. The Balaban J connectivity index is 1.64. The van der Waals surface area contributed by atoms with E-state index < -0.39 is 10.0 Å². The average Bonchev–Trinajstić information content (AvgIpc) is 3.33. The van der Waals surface area contributed by atoms with Gasteiger partial charge in [-0.15, -0.1) is 11.8 Å². The van der Waals surface area contributed by atoms with Crippen LogP contribution in [0.4, 0.5) is 11.4 Å². The molecule has 2 aromatic rings. The standard InChI is InChI=1S/C23H27N3O5S2/c1-16-15-32-21-9-8-19(33(29,30)25-10-3-4-11-25)13-20(21)26(23(16)28)14-22(27)24-17-6-5-7-18(12-17)31-2/h5-9,12-13,16H,3-4,10-11,14-15H2,1-2H3,(H,24,27)/t16-/m1/s1. The zero-order valence-electron chi connectivity index (χ0n) is 18.6. The van der Waals surface area contributed by atoms with Crippen LogP contribution < -0.4 is 15.0 Å². The van der Waals surface area contributed by atoms with E-state index in [-0.39, 0.29) is 29.2 Å². The van der Waals surface area contributed by atoms with Gasteiger partial charge in [0.25, 0.3) is 0 Å². The Labute approximate surface area is 198 Å². The van der Waals surface area contributed by atoms with E-state index in [1.54, 1.807) is 43.5 Å². The van der Waals surface area contributed by atoms with E-state index in [9.17, 15) is 18.0 Å². The van der Waals surface area contributed by atoms with Gasteiger partial charge in [0.2, 0.25) is 21.8 Å². The molecule has 2 aliphatic heterocycles. The Hall–Kier alpha value is -2.56. The molecule has 1 fully saturated rings. The summed E-state index contributed by atoms with van der Waals surface area (Å²) in [5.74, 6) is 0.251. The van der Waals surface area contributed by atoms with Crippen molar-refractivity contribution in [1.29, 1.82) is 0 Å². The number of benzene rings is 2. The fraction of sp³-hybridized carbons (Fsp3) is 0.391. The lowest BCUT2D eigenvalue weighted by atomic mass is 10.1. The molecule has 10 heteroatoms. The van der Waals surface area contributed by atoms with Gasteiger partial charge in [-0.05, 0) is 43.2 Å². The highest BCUT2D eigenvalue weighted by molar-refractivity contribution is 7.99. The average molecular weight is 490 g/mol. The summed E-state index contributed by atoms with van der Waals surface area (Å²) in [4.78, 5) is 28.4. The summed E-state index contributed by atoms with van der Waals surface area (Å²) in [7, 11) is -2.11. The molecule has 2 amide bonds. The largest absolute Gasteiger partial charge is 0.497 e. The summed E-state index contributed by atoms with van der Waals surface area (Å²) < 4.78 is 32.9. The molecule has 0 saturated carbocycles. The number of sulfonamides is 1. The Morgan fingerprint density at radius 1 is 1.18 bits per heavy atom. The molecule has 0 spiro atoms. The number of amides is 2.